The molecular formula is C15H20BrN3O. The highest BCUT2D eigenvalue weighted by molar-refractivity contribution is 9.10. The summed E-state index contributed by atoms with van der Waals surface area (Å²) in [6.45, 7) is 2.98. The molecule has 1 unspecified atom stereocenters. The fraction of sp³-hybridized carbons (Fsp3) is 0.400. The van der Waals surface area contributed by atoms with E-state index < -0.39 is 0 Å². The molecular weight excluding hydrogens is 318 g/mol. The van der Waals surface area contributed by atoms with Crippen LogP contribution < -0.4 is 10.5 Å². The Balaban J connectivity index is 2.21. The van der Waals surface area contributed by atoms with Crippen molar-refractivity contribution in [3.05, 3.63) is 46.2 Å². The summed E-state index contributed by atoms with van der Waals surface area (Å²) in [7, 11) is 1.66. The molecule has 0 radical (unpaired) electrons. The van der Waals surface area contributed by atoms with Crippen LogP contribution in [-0.4, -0.2) is 16.9 Å². The molecule has 1 atom stereocenters. The van der Waals surface area contributed by atoms with E-state index in [0.717, 1.165) is 35.3 Å². The molecule has 2 aromatic rings. The summed E-state index contributed by atoms with van der Waals surface area (Å²) in [5, 5.41) is 4.36. The van der Waals surface area contributed by atoms with Crippen molar-refractivity contribution in [2.24, 2.45) is 5.73 Å². The summed E-state index contributed by atoms with van der Waals surface area (Å²) < 4.78 is 8.40. The Morgan fingerprint density at radius 3 is 2.65 bits per heavy atom. The van der Waals surface area contributed by atoms with Crippen molar-refractivity contribution in [1.82, 2.24) is 9.78 Å². The SMILES string of the molecule is CCCn1ncc(OC)c1C(N)Cc1ccc(Br)cc1. The van der Waals surface area contributed by atoms with Crippen LogP contribution in [0.4, 0.5) is 0 Å². The van der Waals surface area contributed by atoms with Crippen LogP contribution in [0, 0.1) is 0 Å². The summed E-state index contributed by atoms with van der Waals surface area (Å²) in [6, 6.07) is 8.10. The van der Waals surface area contributed by atoms with Gasteiger partial charge in [0, 0.05) is 11.0 Å². The summed E-state index contributed by atoms with van der Waals surface area (Å²) >= 11 is 3.44. The van der Waals surface area contributed by atoms with Gasteiger partial charge in [0.15, 0.2) is 5.75 Å². The lowest BCUT2D eigenvalue weighted by atomic mass is 10.0. The zero-order valence-corrected chi connectivity index (χ0v) is 13.4. The number of methoxy groups -OCH3 is 1. The predicted octanol–water partition coefficient (Wildman–Crippen LogP) is 3.31. The Hall–Kier alpha value is -1.33. The van der Waals surface area contributed by atoms with Gasteiger partial charge in [-0.1, -0.05) is 35.0 Å². The van der Waals surface area contributed by atoms with Crippen molar-refractivity contribution in [3.8, 4) is 5.75 Å². The minimum atomic E-state index is -0.125. The molecule has 0 aliphatic heterocycles. The molecule has 0 saturated carbocycles. The Morgan fingerprint density at radius 2 is 2.05 bits per heavy atom. The third-order valence-corrected chi connectivity index (χ3v) is 3.75. The van der Waals surface area contributed by atoms with Crippen molar-refractivity contribution in [3.63, 3.8) is 0 Å². The molecule has 1 heterocycles. The van der Waals surface area contributed by atoms with Gasteiger partial charge in [-0.05, 0) is 30.5 Å². The number of aryl methyl sites for hydroxylation is 1. The minimum Gasteiger partial charge on any atom is -0.493 e. The molecule has 0 saturated heterocycles. The van der Waals surface area contributed by atoms with Gasteiger partial charge in [0.2, 0.25) is 0 Å². The average molecular weight is 338 g/mol. The summed E-state index contributed by atoms with van der Waals surface area (Å²) in [4.78, 5) is 0. The molecule has 0 fully saturated rings. The molecule has 4 nitrogen and oxygen atoms in total. The first-order chi connectivity index (χ1) is 9.65. The van der Waals surface area contributed by atoms with E-state index in [2.05, 4.69) is 40.1 Å². The minimum absolute atomic E-state index is 0.125. The Bertz CT molecular complexity index is 551. The molecule has 20 heavy (non-hydrogen) atoms. The first-order valence-electron chi connectivity index (χ1n) is 6.75. The van der Waals surface area contributed by atoms with Gasteiger partial charge in [0.25, 0.3) is 0 Å². The maximum atomic E-state index is 6.36. The van der Waals surface area contributed by atoms with Gasteiger partial charge in [-0.3, -0.25) is 4.68 Å². The second-order valence-electron chi connectivity index (χ2n) is 4.76. The highest BCUT2D eigenvalue weighted by Gasteiger charge is 2.18. The Morgan fingerprint density at radius 1 is 1.35 bits per heavy atom. The van der Waals surface area contributed by atoms with Crippen LogP contribution in [0.15, 0.2) is 34.9 Å². The standard InChI is InChI=1S/C15H20BrN3O/c1-3-8-19-15(14(20-2)10-18-19)13(17)9-11-4-6-12(16)7-5-11/h4-7,10,13H,3,8-9,17H2,1-2H3. The van der Waals surface area contributed by atoms with Crippen LogP contribution in [0.3, 0.4) is 0 Å². The fourth-order valence-electron chi connectivity index (χ4n) is 2.27. The van der Waals surface area contributed by atoms with Gasteiger partial charge in [0.05, 0.1) is 25.0 Å². The Labute approximate surface area is 128 Å². The van der Waals surface area contributed by atoms with Crippen LogP contribution in [-0.2, 0) is 13.0 Å². The van der Waals surface area contributed by atoms with E-state index in [9.17, 15) is 0 Å². The zero-order chi connectivity index (χ0) is 14.5. The van der Waals surface area contributed by atoms with Crippen LogP contribution in [0.1, 0.15) is 30.6 Å². The van der Waals surface area contributed by atoms with Crippen molar-refractivity contribution < 1.29 is 4.74 Å². The van der Waals surface area contributed by atoms with E-state index in [1.807, 2.05) is 16.8 Å². The highest BCUT2D eigenvalue weighted by atomic mass is 79.9. The van der Waals surface area contributed by atoms with E-state index in [1.165, 1.54) is 5.56 Å². The number of nitrogens with zero attached hydrogens (tertiary/aromatic N) is 2. The van der Waals surface area contributed by atoms with Gasteiger partial charge in [-0.2, -0.15) is 5.10 Å². The van der Waals surface area contributed by atoms with Crippen molar-refractivity contribution >= 4 is 15.9 Å². The van der Waals surface area contributed by atoms with E-state index >= 15 is 0 Å². The molecule has 2 N–H and O–H groups in total. The third-order valence-electron chi connectivity index (χ3n) is 3.22. The van der Waals surface area contributed by atoms with E-state index in [0.29, 0.717) is 0 Å². The monoisotopic (exact) mass is 337 g/mol. The molecule has 108 valence electrons. The molecule has 0 bridgehead atoms. The smallest absolute Gasteiger partial charge is 0.161 e. The van der Waals surface area contributed by atoms with Crippen LogP contribution in [0.25, 0.3) is 0 Å². The predicted molar refractivity (Wildman–Crippen MR) is 83.8 cm³/mol. The number of rotatable bonds is 6. The van der Waals surface area contributed by atoms with Crippen molar-refractivity contribution in [2.45, 2.75) is 32.4 Å². The number of ether oxygens (including phenoxy) is 1. The lowest BCUT2D eigenvalue weighted by Crippen LogP contribution is -2.19. The molecule has 1 aromatic heterocycles. The number of hydrogen-bond donors (Lipinski definition) is 1. The van der Waals surface area contributed by atoms with Gasteiger partial charge in [-0.25, -0.2) is 0 Å². The van der Waals surface area contributed by atoms with Crippen LogP contribution >= 0.6 is 15.9 Å². The largest absolute Gasteiger partial charge is 0.493 e. The van der Waals surface area contributed by atoms with Gasteiger partial charge < -0.3 is 10.5 Å². The summed E-state index contributed by atoms with van der Waals surface area (Å²) in [5.74, 6) is 0.767. The van der Waals surface area contributed by atoms with E-state index in [1.54, 1.807) is 13.3 Å². The normalized spacial score (nSPS) is 12.4. The number of nitrogens with two attached hydrogens (primary N) is 1. The zero-order valence-electron chi connectivity index (χ0n) is 11.8. The number of aromatic nitrogens is 2. The molecule has 0 aliphatic carbocycles. The van der Waals surface area contributed by atoms with Crippen LogP contribution in [0.5, 0.6) is 5.75 Å². The lowest BCUT2D eigenvalue weighted by Gasteiger charge is -2.16. The first-order valence-corrected chi connectivity index (χ1v) is 7.54. The van der Waals surface area contributed by atoms with Gasteiger partial charge in [-0.15, -0.1) is 0 Å². The summed E-state index contributed by atoms with van der Waals surface area (Å²) in [6.07, 6.45) is 3.52. The van der Waals surface area contributed by atoms with Crippen molar-refractivity contribution in [1.29, 1.82) is 0 Å². The lowest BCUT2D eigenvalue weighted by molar-refractivity contribution is 0.400. The molecule has 0 amide bonds. The molecule has 2 rings (SSSR count). The number of benzene rings is 1. The topological polar surface area (TPSA) is 53.1 Å². The fourth-order valence-corrected chi connectivity index (χ4v) is 2.53. The van der Waals surface area contributed by atoms with Crippen molar-refractivity contribution in [2.75, 3.05) is 7.11 Å². The number of halogens is 1. The quantitative estimate of drug-likeness (QED) is 0.879. The molecule has 0 spiro atoms. The Kier molecular flexibility index (Phi) is 5.20. The van der Waals surface area contributed by atoms with E-state index in [-0.39, 0.29) is 6.04 Å². The number of hydrogen-bond acceptors (Lipinski definition) is 3. The highest BCUT2D eigenvalue weighted by Crippen LogP contribution is 2.26. The average Bonchev–Trinajstić information content (AvgIpc) is 2.85. The second-order valence-corrected chi connectivity index (χ2v) is 5.67. The molecule has 1 aromatic carbocycles. The first kappa shape index (κ1) is 15.1. The van der Waals surface area contributed by atoms with E-state index in [4.69, 9.17) is 10.5 Å². The summed E-state index contributed by atoms with van der Waals surface area (Å²) in [5.41, 5.74) is 8.54. The second kappa shape index (κ2) is 6.90. The third kappa shape index (κ3) is 3.41. The van der Waals surface area contributed by atoms with Crippen LogP contribution in [0.2, 0.25) is 0 Å². The maximum absolute atomic E-state index is 6.36. The molecule has 0 aliphatic rings. The molecule has 5 heteroatoms. The maximum Gasteiger partial charge on any atom is 0.161 e. The van der Waals surface area contributed by atoms with Gasteiger partial charge >= 0.3 is 0 Å². The van der Waals surface area contributed by atoms with Gasteiger partial charge in [0.1, 0.15) is 0 Å².